The molecule has 1 aromatic heterocycles. The van der Waals surface area contributed by atoms with E-state index in [1.54, 1.807) is 6.20 Å². The first-order valence-electron chi connectivity index (χ1n) is 7.25. The molecule has 5 heteroatoms. The number of nitrogens with one attached hydrogen (secondary N) is 1. The SMILES string of the molecule is O=C(NCc1ccccc1CO)c1cnc(-c2ccccc2)s1. The fourth-order valence-corrected chi connectivity index (χ4v) is 3.08. The number of aromatic nitrogens is 1. The van der Waals surface area contributed by atoms with Crippen LogP contribution in [0, 0.1) is 0 Å². The number of aliphatic hydroxyl groups is 1. The molecule has 0 bridgehead atoms. The Balaban J connectivity index is 1.68. The van der Waals surface area contributed by atoms with E-state index in [2.05, 4.69) is 10.3 Å². The van der Waals surface area contributed by atoms with Gasteiger partial charge < -0.3 is 10.4 Å². The number of rotatable bonds is 5. The molecule has 0 aliphatic rings. The third-order valence-corrected chi connectivity index (χ3v) is 4.52. The van der Waals surface area contributed by atoms with E-state index >= 15 is 0 Å². The number of benzene rings is 2. The van der Waals surface area contributed by atoms with E-state index in [1.165, 1.54) is 11.3 Å². The summed E-state index contributed by atoms with van der Waals surface area (Å²) >= 11 is 1.37. The third-order valence-electron chi connectivity index (χ3n) is 3.48. The molecule has 0 atom stereocenters. The summed E-state index contributed by atoms with van der Waals surface area (Å²) in [5, 5.41) is 13.0. The summed E-state index contributed by atoms with van der Waals surface area (Å²) in [6.07, 6.45) is 1.60. The van der Waals surface area contributed by atoms with Gasteiger partial charge in [-0.15, -0.1) is 11.3 Å². The van der Waals surface area contributed by atoms with E-state index in [0.29, 0.717) is 11.4 Å². The minimum atomic E-state index is -0.155. The zero-order chi connectivity index (χ0) is 16.1. The summed E-state index contributed by atoms with van der Waals surface area (Å²) in [4.78, 5) is 17.1. The Bertz CT molecular complexity index is 800. The van der Waals surface area contributed by atoms with E-state index in [9.17, 15) is 9.90 Å². The molecule has 0 fully saturated rings. The highest BCUT2D eigenvalue weighted by Crippen LogP contribution is 2.24. The van der Waals surface area contributed by atoms with Crippen molar-refractivity contribution < 1.29 is 9.90 Å². The highest BCUT2D eigenvalue weighted by atomic mass is 32.1. The number of amides is 1. The molecule has 3 rings (SSSR count). The van der Waals surface area contributed by atoms with E-state index in [1.807, 2.05) is 54.6 Å². The van der Waals surface area contributed by atoms with Gasteiger partial charge in [-0.1, -0.05) is 54.6 Å². The van der Waals surface area contributed by atoms with Gasteiger partial charge in [0.2, 0.25) is 0 Å². The first-order chi connectivity index (χ1) is 11.3. The summed E-state index contributed by atoms with van der Waals surface area (Å²) in [6.45, 7) is 0.346. The second-order valence-electron chi connectivity index (χ2n) is 5.01. The quantitative estimate of drug-likeness (QED) is 0.757. The van der Waals surface area contributed by atoms with Crippen LogP contribution in [0.25, 0.3) is 10.6 Å². The maximum absolute atomic E-state index is 12.3. The minimum Gasteiger partial charge on any atom is -0.392 e. The van der Waals surface area contributed by atoms with Crippen molar-refractivity contribution in [2.45, 2.75) is 13.2 Å². The molecule has 1 heterocycles. The summed E-state index contributed by atoms with van der Waals surface area (Å²) in [6, 6.07) is 17.3. The number of carbonyl (C=O) groups is 1. The van der Waals surface area contributed by atoms with Crippen molar-refractivity contribution in [1.82, 2.24) is 10.3 Å². The largest absolute Gasteiger partial charge is 0.392 e. The normalized spacial score (nSPS) is 10.5. The predicted octanol–water partition coefficient (Wildman–Crippen LogP) is 3.23. The monoisotopic (exact) mass is 324 g/mol. The van der Waals surface area contributed by atoms with Crippen molar-refractivity contribution in [3.05, 3.63) is 76.8 Å². The zero-order valence-electron chi connectivity index (χ0n) is 12.4. The number of carbonyl (C=O) groups excluding carboxylic acids is 1. The van der Waals surface area contributed by atoms with Gasteiger partial charge in [0.1, 0.15) is 9.88 Å². The summed E-state index contributed by atoms with van der Waals surface area (Å²) in [5.41, 5.74) is 2.74. The van der Waals surface area contributed by atoms with E-state index in [-0.39, 0.29) is 12.5 Å². The van der Waals surface area contributed by atoms with Gasteiger partial charge in [0.15, 0.2) is 0 Å². The van der Waals surface area contributed by atoms with Crippen LogP contribution < -0.4 is 5.32 Å². The fourth-order valence-electron chi connectivity index (χ4n) is 2.24. The summed E-state index contributed by atoms with van der Waals surface area (Å²) in [7, 11) is 0. The van der Waals surface area contributed by atoms with Crippen molar-refractivity contribution in [3.8, 4) is 10.6 Å². The lowest BCUT2D eigenvalue weighted by atomic mass is 10.1. The molecule has 0 unspecified atom stereocenters. The average Bonchev–Trinajstić information content (AvgIpc) is 3.11. The minimum absolute atomic E-state index is 0.0369. The fraction of sp³-hybridized carbons (Fsp3) is 0.111. The van der Waals surface area contributed by atoms with Crippen molar-refractivity contribution in [2.75, 3.05) is 0 Å². The summed E-state index contributed by atoms with van der Waals surface area (Å²) < 4.78 is 0. The Morgan fingerprint density at radius 2 is 1.74 bits per heavy atom. The Morgan fingerprint density at radius 3 is 2.48 bits per heavy atom. The lowest BCUT2D eigenvalue weighted by molar-refractivity contribution is 0.0954. The second-order valence-corrected chi connectivity index (χ2v) is 6.04. The van der Waals surface area contributed by atoms with Crippen LogP contribution in [0.2, 0.25) is 0 Å². The van der Waals surface area contributed by atoms with E-state index < -0.39 is 0 Å². The van der Waals surface area contributed by atoms with Crippen molar-refractivity contribution in [3.63, 3.8) is 0 Å². The molecular formula is C18H16N2O2S. The highest BCUT2D eigenvalue weighted by molar-refractivity contribution is 7.16. The van der Waals surface area contributed by atoms with Crippen LogP contribution in [-0.4, -0.2) is 16.0 Å². The lowest BCUT2D eigenvalue weighted by Crippen LogP contribution is -2.22. The van der Waals surface area contributed by atoms with Crippen molar-refractivity contribution >= 4 is 17.2 Å². The zero-order valence-corrected chi connectivity index (χ0v) is 13.2. The second kappa shape index (κ2) is 7.17. The van der Waals surface area contributed by atoms with Gasteiger partial charge in [0.25, 0.3) is 5.91 Å². The van der Waals surface area contributed by atoms with Crippen LogP contribution >= 0.6 is 11.3 Å². The van der Waals surface area contributed by atoms with Crippen molar-refractivity contribution in [2.24, 2.45) is 0 Å². The first kappa shape index (κ1) is 15.4. The Kier molecular flexibility index (Phi) is 4.80. The topological polar surface area (TPSA) is 62.2 Å². The molecule has 116 valence electrons. The van der Waals surface area contributed by atoms with Crippen LogP contribution in [-0.2, 0) is 13.2 Å². The molecule has 0 aliphatic carbocycles. The van der Waals surface area contributed by atoms with Gasteiger partial charge in [-0.25, -0.2) is 4.98 Å². The molecule has 3 aromatic rings. The molecule has 0 spiro atoms. The third kappa shape index (κ3) is 3.64. The molecule has 0 aliphatic heterocycles. The maximum Gasteiger partial charge on any atom is 0.263 e. The van der Waals surface area contributed by atoms with Gasteiger partial charge in [0.05, 0.1) is 12.8 Å². The number of nitrogens with zero attached hydrogens (tertiary/aromatic N) is 1. The molecular weight excluding hydrogens is 308 g/mol. The van der Waals surface area contributed by atoms with Gasteiger partial charge >= 0.3 is 0 Å². The number of hydrogen-bond donors (Lipinski definition) is 2. The van der Waals surface area contributed by atoms with Crippen LogP contribution in [0.1, 0.15) is 20.8 Å². The predicted molar refractivity (Wildman–Crippen MR) is 91.1 cm³/mol. The lowest BCUT2D eigenvalue weighted by Gasteiger charge is -2.07. The van der Waals surface area contributed by atoms with Crippen LogP contribution in [0.4, 0.5) is 0 Å². The average molecular weight is 324 g/mol. The van der Waals surface area contributed by atoms with Crippen molar-refractivity contribution in [1.29, 1.82) is 0 Å². The number of aliphatic hydroxyl groups excluding tert-OH is 1. The maximum atomic E-state index is 12.3. The van der Waals surface area contributed by atoms with Gasteiger partial charge in [0, 0.05) is 12.1 Å². The highest BCUT2D eigenvalue weighted by Gasteiger charge is 2.12. The molecule has 4 nitrogen and oxygen atoms in total. The van der Waals surface area contributed by atoms with E-state index in [4.69, 9.17) is 0 Å². The van der Waals surface area contributed by atoms with Crippen LogP contribution in [0.5, 0.6) is 0 Å². The van der Waals surface area contributed by atoms with Crippen LogP contribution in [0.3, 0.4) is 0 Å². The standard InChI is InChI=1S/C18H16N2O2S/c21-12-15-9-5-4-8-14(15)10-19-17(22)16-11-20-18(23-16)13-6-2-1-3-7-13/h1-9,11,21H,10,12H2,(H,19,22). The number of hydrogen-bond acceptors (Lipinski definition) is 4. The van der Waals surface area contributed by atoms with Gasteiger partial charge in [-0.2, -0.15) is 0 Å². The molecule has 2 aromatic carbocycles. The van der Waals surface area contributed by atoms with Crippen LogP contribution in [0.15, 0.2) is 60.8 Å². The first-order valence-corrected chi connectivity index (χ1v) is 8.06. The Morgan fingerprint density at radius 1 is 1.04 bits per heavy atom. The summed E-state index contributed by atoms with van der Waals surface area (Å²) in [5.74, 6) is -0.155. The van der Waals surface area contributed by atoms with Gasteiger partial charge in [-0.3, -0.25) is 4.79 Å². The van der Waals surface area contributed by atoms with E-state index in [0.717, 1.165) is 21.7 Å². The number of thiazole rings is 1. The molecule has 0 saturated heterocycles. The molecule has 2 N–H and O–H groups in total. The molecule has 0 saturated carbocycles. The molecule has 1 amide bonds. The molecule has 23 heavy (non-hydrogen) atoms. The Labute approximate surface area is 138 Å². The van der Waals surface area contributed by atoms with Gasteiger partial charge in [-0.05, 0) is 11.1 Å². The Hall–Kier alpha value is -2.50. The molecule has 0 radical (unpaired) electrons. The smallest absolute Gasteiger partial charge is 0.263 e.